The van der Waals surface area contributed by atoms with Gasteiger partial charge in [0.2, 0.25) is 0 Å². The molecule has 0 saturated carbocycles. The molecule has 6 nitrogen and oxygen atoms in total. The number of amides is 1. The number of benzene rings is 2. The van der Waals surface area contributed by atoms with Crippen molar-refractivity contribution in [2.75, 3.05) is 5.32 Å². The third-order valence-electron chi connectivity index (χ3n) is 4.03. The van der Waals surface area contributed by atoms with Gasteiger partial charge in [-0.15, -0.1) is 10.2 Å². The number of halogens is 2. The lowest BCUT2D eigenvalue weighted by Crippen LogP contribution is -2.12. The van der Waals surface area contributed by atoms with Crippen LogP contribution in [0.25, 0.3) is 16.7 Å². The Labute approximate surface area is 164 Å². The third kappa shape index (κ3) is 3.49. The van der Waals surface area contributed by atoms with Crippen LogP contribution in [0.3, 0.4) is 0 Å². The van der Waals surface area contributed by atoms with Crippen molar-refractivity contribution in [2.24, 2.45) is 0 Å². The molecule has 1 N–H and O–H groups in total. The van der Waals surface area contributed by atoms with Crippen LogP contribution in [0, 0.1) is 6.92 Å². The van der Waals surface area contributed by atoms with E-state index in [-0.39, 0.29) is 11.1 Å². The first kappa shape index (κ1) is 17.5. The zero-order valence-electron chi connectivity index (χ0n) is 14.1. The lowest BCUT2D eigenvalue weighted by Gasteiger charge is -2.05. The maximum absolute atomic E-state index is 12.4. The summed E-state index contributed by atoms with van der Waals surface area (Å²) in [5.41, 5.74) is 3.97. The molecule has 0 aliphatic heterocycles. The molecular formula is C19H13Cl2N5O. The summed E-state index contributed by atoms with van der Waals surface area (Å²) in [6, 6.07) is 14.2. The molecule has 1 amide bonds. The van der Waals surface area contributed by atoms with Crippen LogP contribution in [-0.2, 0) is 0 Å². The van der Waals surface area contributed by atoms with E-state index >= 15 is 0 Å². The molecule has 0 atom stereocenters. The van der Waals surface area contributed by atoms with E-state index in [1.165, 1.54) is 11.0 Å². The molecule has 0 aliphatic carbocycles. The number of carbonyl (C=O) groups excluding carboxylic acids is 1. The molecule has 2 aromatic carbocycles. The SMILES string of the molecule is Cc1ccc(-n2nc3ccc(NC(=O)c4cccnc4Cl)cc3n2)cc1Cl. The molecular weight excluding hydrogens is 385 g/mol. The average Bonchev–Trinajstić information content (AvgIpc) is 3.07. The summed E-state index contributed by atoms with van der Waals surface area (Å²) in [4.78, 5) is 17.8. The van der Waals surface area contributed by atoms with Crippen LogP contribution >= 0.6 is 23.2 Å². The van der Waals surface area contributed by atoms with Crippen molar-refractivity contribution in [2.45, 2.75) is 6.92 Å². The summed E-state index contributed by atoms with van der Waals surface area (Å²) in [5, 5.41) is 12.5. The molecule has 0 fully saturated rings. The summed E-state index contributed by atoms with van der Waals surface area (Å²) in [6.07, 6.45) is 1.53. The number of aryl methyl sites for hydroxylation is 1. The summed E-state index contributed by atoms with van der Waals surface area (Å²) < 4.78 is 0. The van der Waals surface area contributed by atoms with Crippen LogP contribution in [0.4, 0.5) is 5.69 Å². The predicted octanol–water partition coefficient (Wildman–Crippen LogP) is 4.68. The highest BCUT2D eigenvalue weighted by Crippen LogP contribution is 2.22. The molecule has 8 heteroatoms. The highest BCUT2D eigenvalue weighted by atomic mass is 35.5. The van der Waals surface area contributed by atoms with Gasteiger partial charge in [-0.3, -0.25) is 4.79 Å². The van der Waals surface area contributed by atoms with E-state index in [4.69, 9.17) is 23.2 Å². The Balaban J connectivity index is 1.64. The minimum atomic E-state index is -0.342. The monoisotopic (exact) mass is 397 g/mol. The molecule has 0 unspecified atom stereocenters. The predicted molar refractivity (Wildman–Crippen MR) is 106 cm³/mol. The fourth-order valence-corrected chi connectivity index (χ4v) is 2.95. The number of rotatable bonds is 3. The molecule has 4 aromatic rings. The van der Waals surface area contributed by atoms with E-state index in [9.17, 15) is 4.79 Å². The fourth-order valence-electron chi connectivity index (χ4n) is 2.57. The largest absolute Gasteiger partial charge is 0.322 e. The maximum Gasteiger partial charge on any atom is 0.258 e. The highest BCUT2D eigenvalue weighted by Gasteiger charge is 2.12. The molecule has 134 valence electrons. The Bertz CT molecular complexity index is 1170. The third-order valence-corrected chi connectivity index (χ3v) is 4.74. The van der Waals surface area contributed by atoms with E-state index in [1.54, 1.807) is 30.3 Å². The molecule has 0 aliphatic rings. The van der Waals surface area contributed by atoms with Crippen molar-refractivity contribution >= 4 is 45.8 Å². The number of hydrogen-bond donors (Lipinski definition) is 1. The fraction of sp³-hybridized carbons (Fsp3) is 0.0526. The van der Waals surface area contributed by atoms with Crippen LogP contribution in [-0.4, -0.2) is 25.9 Å². The van der Waals surface area contributed by atoms with Gasteiger partial charge in [0.05, 0.1) is 11.3 Å². The highest BCUT2D eigenvalue weighted by molar-refractivity contribution is 6.33. The van der Waals surface area contributed by atoms with Crippen molar-refractivity contribution in [1.29, 1.82) is 0 Å². The summed E-state index contributed by atoms with van der Waals surface area (Å²) >= 11 is 12.2. The van der Waals surface area contributed by atoms with Crippen molar-refractivity contribution in [3.63, 3.8) is 0 Å². The van der Waals surface area contributed by atoms with E-state index in [0.29, 0.717) is 27.3 Å². The second kappa shape index (κ2) is 6.98. The molecule has 0 saturated heterocycles. The summed E-state index contributed by atoms with van der Waals surface area (Å²) in [6.45, 7) is 1.93. The van der Waals surface area contributed by atoms with E-state index in [2.05, 4.69) is 20.5 Å². The first-order valence-corrected chi connectivity index (χ1v) is 8.82. The Kier molecular flexibility index (Phi) is 4.51. The van der Waals surface area contributed by atoms with E-state index < -0.39 is 0 Å². The van der Waals surface area contributed by atoms with Crippen molar-refractivity contribution in [3.8, 4) is 5.69 Å². The quantitative estimate of drug-likeness (QED) is 0.509. The van der Waals surface area contributed by atoms with Gasteiger partial charge in [0, 0.05) is 16.9 Å². The van der Waals surface area contributed by atoms with Gasteiger partial charge in [0.15, 0.2) is 0 Å². The number of nitrogens with zero attached hydrogens (tertiary/aromatic N) is 4. The molecule has 0 radical (unpaired) electrons. The Hall–Kier alpha value is -2.96. The topological polar surface area (TPSA) is 72.7 Å². The molecule has 2 aromatic heterocycles. The minimum Gasteiger partial charge on any atom is -0.322 e. The minimum absolute atomic E-state index is 0.151. The van der Waals surface area contributed by atoms with Crippen LogP contribution < -0.4 is 5.32 Å². The van der Waals surface area contributed by atoms with Crippen LogP contribution in [0.1, 0.15) is 15.9 Å². The van der Waals surface area contributed by atoms with Crippen LogP contribution in [0.2, 0.25) is 10.2 Å². The molecule has 27 heavy (non-hydrogen) atoms. The van der Waals surface area contributed by atoms with Crippen LogP contribution in [0.5, 0.6) is 0 Å². The summed E-state index contributed by atoms with van der Waals surface area (Å²) in [5.74, 6) is -0.342. The number of carbonyl (C=O) groups is 1. The Morgan fingerprint density at radius 1 is 1.04 bits per heavy atom. The van der Waals surface area contributed by atoms with Crippen molar-refractivity contribution < 1.29 is 4.79 Å². The van der Waals surface area contributed by atoms with Crippen molar-refractivity contribution in [1.82, 2.24) is 20.0 Å². The molecule has 2 heterocycles. The van der Waals surface area contributed by atoms with Gasteiger partial charge in [-0.1, -0.05) is 29.3 Å². The number of pyridine rings is 1. The van der Waals surface area contributed by atoms with Gasteiger partial charge < -0.3 is 5.32 Å². The van der Waals surface area contributed by atoms with Gasteiger partial charge >= 0.3 is 0 Å². The Morgan fingerprint density at radius 2 is 1.85 bits per heavy atom. The zero-order chi connectivity index (χ0) is 19.0. The number of hydrogen-bond acceptors (Lipinski definition) is 4. The van der Waals surface area contributed by atoms with Crippen LogP contribution in [0.15, 0.2) is 54.7 Å². The van der Waals surface area contributed by atoms with Gasteiger partial charge in [0.1, 0.15) is 16.2 Å². The normalized spacial score (nSPS) is 10.9. The van der Waals surface area contributed by atoms with E-state index in [1.807, 2.05) is 25.1 Å². The zero-order valence-corrected chi connectivity index (χ0v) is 15.7. The molecule has 0 spiro atoms. The standard InChI is InChI=1S/C19H13Cl2N5O/c1-11-4-6-13(10-15(11)20)26-24-16-7-5-12(9-17(16)25-26)23-19(27)14-3-2-8-22-18(14)21/h2-10H,1H3,(H,23,27). The number of aromatic nitrogens is 4. The number of nitrogens with one attached hydrogen (secondary N) is 1. The van der Waals surface area contributed by atoms with Gasteiger partial charge in [-0.2, -0.15) is 4.80 Å². The smallest absolute Gasteiger partial charge is 0.258 e. The maximum atomic E-state index is 12.4. The van der Waals surface area contributed by atoms with Gasteiger partial charge in [0.25, 0.3) is 5.91 Å². The first-order valence-electron chi connectivity index (χ1n) is 8.07. The first-order chi connectivity index (χ1) is 13.0. The molecule has 0 bridgehead atoms. The van der Waals surface area contributed by atoms with Gasteiger partial charge in [-0.05, 0) is 55.0 Å². The summed E-state index contributed by atoms with van der Waals surface area (Å²) in [7, 11) is 0. The van der Waals surface area contributed by atoms with E-state index in [0.717, 1.165) is 11.3 Å². The number of anilines is 1. The Morgan fingerprint density at radius 3 is 2.63 bits per heavy atom. The number of fused-ring (bicyclic) bond motifs is 1. The second-order valence-electron chi connectivity index (χ2n) is 5.92. The lowest BCUT2D eigenvalue weighted by molar-refractivity contribution is 0.102. The molecule has 4 rings (SSSR count). The van der Waals surface area contributed by atoms with Crippen molar-refractivity contribution in [3.05, 3.63) is 76.0 Å². The second-order valence-corrected chi connectivity index (χ2v) is 6.69. The lowest BCUT2D eigenvalue weighted by atomic mass is 10.2. The average molecular weight is 398 g/mol. The van der Waals surface area contributed by atoms with Gasteiger partial charge in [-0.25, -0.2) is 4.98 Å².